The first-order valence-corrected chi connectivity index (χ1v) is 7.53. The van der Waals surface area contributed by atoms with E-state index in [1.165, 1.54) is 11.0 Å². The molecule has 2 amide bonds. The van der Waals surface area contributed by atoms with Gasteiger partial charge in [0.15, 0.2) is 11.6 Å². The SMILES string of the molecule is C[C@H](COc1ccc(F)cc1F)NC(=O)N(C)[C@@H](C)c1ccco1. The molecule has 0 saturated carbocycles. The molecule has 1 aromatic heterocycles. The van der Waals surface area contributed by atoms with E-state index in [2.05, 4.69) is 5.32 Å². The van der Waals surface area contributed by atoms with Crippen molar-refractivity contribution >= 4 is 6.03 Å². The van der Waals surface area contributed by atoms with E-state index in [4.69, 9.17) is 9.15 Å². The number of nitrogens with one attached hydrogen (secondary N) is 1. The van der Waals surface area contributed by atoms with Gasteiger partial charge in [-0.05, 0) is 38.1 Å². The molecule has 0 aliphatic carbocycles. The summed E-state index contributed by atoms with van der Waals surface area (Å²) in [6.07, 6.45) is 1.55. The van der Waals surface area contributed by atoms with E-state index in [1.807, 2.05) is 6.92 Å². The van der Waals surface area contributed by atoms with E-state index >= 15 is 0 Å². The number of benzene rings is 1. The Bertz CT molecular complexity index is 676. The van der Waals surface area contributed by atoms with Gasteiger partial charge in [-0.1, -0.05) is 0 Å². The number of urea groups is 1. The Balaban J connectivity index is 1.85. The van der Waals surface area contributed by atoms with Gasteiger partial charge in [-0.2, -0.15) is 0 Å². The van der Waals surface area contributed by atoms with Crippen molar-refractivity contribution in [3.8, 4) is 5.75 Å². The zero-order valence-corrected chi connectivity index (χ0v) is 13.8. The molecular weight excluding hydrogens is 318 g/mol. The molecule has 1 heterocycles. The quantitative estimate of drug-likeness (QED) is 0.873. The summed E-state index contributed by atoms with van der Waals surface area (Å²) in [5, 5.41) is 2.75. The van der Waals surface area contributed by atoms with Crippen molar-refractivity contribution in [1.82, 2.24) is 10.2 Å². The Morgan fingerprint density at radius 3 is 2.71 bits per heavy atom. The molecule has 0 saturated heterocycles. The van der Waals surface area contributed by atoms with Crippen molar-refractivity contribution < 1.29 is 22.7 Å². The summed E-state index contributed by atoms with van der Waals surface area (Å²) < 4.78 is 36.9. The smallest absolute Gasteiger partial charge is 0.318 e. The van der Waals surface area contributed by atoms with Crippen LogP contribution in [0.25, 0.3) is 0 Å². The summed E-state index contributed by atoms with van der Waals surface area (Å²) in [7, 11) is 1.65. The normalized spacial score (nSPS) is 13.2. The molecule has 0 bridgehead atoms. The lowest BCUT2D eigenvalue weighted by molar-refractivity contribution is 0.177. The molecule has 2 aromatic rings. The maximum absolute atomic E-state index is 13.5. The number of rotatable bonds is 6. The van der Waals surface area contributed by atoms with Crippen LogP contribution in [-0.2, 0) is 0 Å². The highest BCUT2D eigenvalue weighted by atomic mass is 19.1. The second kappa shape index (κ2) is 7.81. The van der Waals surface area contributed by atoms with Gasteiger partial charge < -0.3 is 19.4 Å². The Labute approximate surface area is 139 Å². The fourth-order valence-corrected chi connectivity index (χ4v) is 2.06. The first-order valence-electron chi connectivity index (χ1n) is 7.53. The monoisotopic (exact) mass is 338 g/mol. The van der Waals surface area contributed by atoms with Crippen LogP contribution in [0.3, 0.4) is 0 Å². The van der Waals surface area contributed by atoms with Crippen LogP contribution in [0.2, 0.25) is 0 Å². The molecule has 24 heavy (non-hydrogen) atoms. The zero-order chi connectivity index (χ0) is 17.7. The number of ether oxygens (including phenoxy) is 1. The van der Waals surface area contributed by atoms with Crippen molar-refractivity contribution in [3.63, 3.8) is 0 Å². The third-order valence-electron chi connectivity index (χ3n) is 3.61. The molecule has 2 rings (SSSR count). The maximum Gasteiger partial charge on any atom is 0.318 e. The Morgan fingerprint density at radius 2 is 2.08 bits per heavy atom. The second-order valence-corrected chi connectivity index (χ2v) is 5.54. The van der Waals surface area contributed by atoms with Crippen LogP contribution in [0.15, 0.2) is 41.0 Å². The van der Waals surface area contributed by atoms with Gasteiger partial charge in [0.2, 0.25) is 0 Å². The third kappa shape index (κ3) is 4.47. The van der Waals surface area contributed by atoms with Crippen LogP contribution in [0.4, 0.5) is 13.6 Å². The van der Waals surface area contributed by atoms with Crippen LogP contribution in [-0.4, -0.2) is 30.6 Å². The van der Waals surface area contributed by atoms with Gasteiger partial charge in [-0.3, -0.25) is 0 Å². The number of carbonyl (C=O) groups excluding carboxylic acids is 1. The molecule has 0 fully saturated rings. The van der Waals surface area contributed by atoms with Crippen molar-refractivity contribution in [2.45, 2.75) is 25.9 Å². The number of hydrogen-bond donors (Lipinski definition) is 1. The second-order valence-electron chi connectivity index (χ2n) is 5.54. The minimum atomic E-state index is -0.780. The lowest BCUT2D eigenvalue weighted by Crippen LogP contribution is -2.44. The van der Waals surface area contributed by atoms with Gasteiger partial charge in [-0.15, -0.1) is 0 Å². The molecule has 1 N–H and O–H groups in total. The van der Waals surface area contributed by atoms with E-state index in [0.717, 1.165) is 12.1 Å². The highest BCUT2D eigenvalue weighted by Crippen LogP contribution is 2.19. The number of hydrogen-bond acceptors (Lipinski definition) is 3. The summed E-state index contributed by atoms with van der Waals surface area (Å²) in [6, 6.07) is 5.71. The van der Waals surface area contributed by atoms with Crippen LogP contribution >= 0.6 is 0 Å². The average Bonchev–Trinajstić information content (AvgIpc) is 3.07. The van der Waals surface area contributed by atoms with Gasteiger partial charge >= 0.3 is 6.03 Å². The van der Waals surface area contributed by atoms with Crippen LogP contribution in [0, 0.1) is 11.6 Å². The summed E-state index contributed by atoms with van der Waals surface area (Å²) in [4.78, 5) is 13.7. The standard InChI is InChI=1S/C17H20F2N2O3/c1-11(10-24-16-7-6-13(18)9-14(16)19)20-17(22)21(3)12(2)15-5-4-8-23-15/h4-9,11-12H,10H2,1-3H3,(H,20,22)/t11-,12+/m1/s1. The van der Waals surface area contributed by atoms with Gasteiger partial charge in [0.1, 0.15) is 18.2 Å². The van der Waals surface area contributed by atoms with Gasteiger partial charge in [0.05, 0.1) is 18.3 Å². The molecule has 0 radical (unpaired) electrons. The van der Waals surface area contributed by atoms with Crippen LogP contribution in [0.1, 0.15) is 25.6 Å². The summed E-state index contributed by atoms with van der Waals surface area (Å²) in [5.74, 6) is -0.841. The number of nitrogens with zero attached hydrogens (tertiary/aromatic N) is 1. The highest BCUT2D eigenvalue weighted by Gasteiger charge is 2.21. The molecule has 2 atom stereocenters. The minimum absolute atomic E-state index is 0.0528. The zero-order valence-electron chi connectivity index (χ0n) is 13.8. The first-order chi connectivity index (χ1) is 11.4. The summed E-state index contributed by atoms with van der Waals surface area (Å²) >= 11 is 0. The molecular formula is C17H20F2N2O3. The third-order valence-corrected chi connectivity index (χ3v) is 3.61. The van der Waals surface area contributed by atoms with E-state index in [-0.39, 0.29) is 30.5 Å². The number of carbonyl (C=O) groups is 1. The summed E-state index contributed by atoms with van der Waals surface area (Å²) in [6.45, 7) is 3.62. The fourth-order valence-electron chi connectivity index (χ4n) is 2.06. The van der Waals surface area contributed by atoms with E-state index < -0.39 is 11.6 Å². The number of amides is 2. The molecule has 0 unspecified atom stereocenters. The van der Waals surface area contributed by atoms with Gasteiger partial charge in [0, 0.05) is 13.1 Å². The molecule has 7 heteroatoms. The van der Waals surface area contributed by atoms with E-state index in [1.54, 1.807) is 32.4 Å². The predicted molar refractivity (Wildman–Crippen MR) is 84.7 cm³/mol. The van der Waals surface area contributed by atoms with Crippen molar-refractivity contribution in [3.05, 3.63) is 54.0 Å². The van der Waals surface area contributed by atoms with Crippen molar-refractivity contribution in [2.24, 2.45) is 0 Å². The highest BCUT2D eigenvalue weighted by molar-refractivity contribution is 5.74. The average molecular weight is 338 g/mol. The van der Waals surface area contributed by atoms with Crippen molar-refractivity contribution in [2.75, 3.05) is 13.7 Å². The molecule has 0 aliphatic rings. The van der Waals surface area contributed by atoms with Gasteiger partial charge in [0.25, 0.3) is 0 Å². The molecule has 130 valence electrons. The topological polar surface area (TPSA) is 54.7 Å². The number of furan rings is 1. The van der Waals surface area contributed by atoms with Gasteiger partial charge in [-0.25, -0.2) is 13.6 Å². The minimum Gasteiger partial charge on any atom is -0.488 e. The summed E-state index contributed by atoms with van der Waals surface area (Å²) in [5.41, 5.74) is 0. The van der Waals surface area contributed by atoms with Crippen molar-refractivity contribution in [1.29, 1.82) is 0 Å². The Kier molecular flexibility index (Phi) is 5.78. The molecule has 1 aromatic carbocycles. The van der Waals surface area contributed by atoms with E-state index in [9.17, 15) is 13.6 Å². The lowest BCUT2D eigenvalue weighted by Gasteiger charge is -2.25. The van der Waals surface area contributed by atoms with E-state index in [0.29, 0.717) is 5.76 Å². The maximum atomic E-state index is 13.5. The molecule has 0 spiro atoms. The molecule has 0 aliphatic heterocycles. The van der Waals surface area contributed by atoms with Crippen LogP contribution in [0.5, 0.6) is 5.75 Å². The molecule has 5 nitrogen and oxygen atoms in total. The Hall–Kier alpha value is -2.57. The lowest BCUT2D eigenvalue weighted by atomic mass is 10.2. The predicted octanol–water partition coefficient (Wildman–Crippen LogP) is 3.73. The first kappa shape index (κ1) is 17.8. The Morgan fingerprint density at radius 1 is 1.33 bits per heavy atom. The van der Waals surface area contributed by atoms with Crippen LogP contribution < -0.4 is 10.1 Å². The fraction of sp³-hybridized carbons (Fsp3) is 0.353. The largest absolute Gasteiger partial charge is 0.488 e. The number of halogens is 2.